The number of fused-ring (bicyclic) bond motifs is 3. The van der Waals surface area contributed by atoms with Crippen LogP contribution in [0.4, 0.5) is 0 Å². The van der Waals surface area contributed by atoms with Gasteiger partial charge in [0, 0.05) is 5.39 Å². The van der Waals surface area contributed by atoms with Crippen LogP contribution in [0.3, 0.4) is 0 Å². The van der Waals surface area contributed by atoms with E-state index in [1.54, 1.807) is 12.1 Å². The van der Waals surface area contributed by atoms with Crippen LogP contribution >= 0.6 is 22.6 Å². The smallest absolute Gasteiger partial charge is 0.307 e. The molecule has 0 unspecified atom stereocenters. The summed E-state index contributed by atoms with van der Waals surface area (Å²) in [4.78, 5) is 12.2. The van der Waals surface area contributed by atoms with Crippen LogP contribution in [0.5, 0.6) is 0 Å². The quantitative estimate of drug-likeness (QED) is 0.295. The normalized spacial score (nSPS) is 11.5. The fourth-order valence-corrected chi connectivity index (χ4v) is 2.95. The van der Waals surface area contributed by atoms with Crippen molar-refractivity contribution in [2.75, 3.05) is 0 Å². The lowest BCUT2D eigenvalue weighted by molar-refractivity contribution is 0.0929. The first kappa shape index (κ1) is 14.9. The SMILES string of the molecule is O=C(N/N=C/c1ccc(I)o1)c1cc2c(ccc3ccccc32)o1. The summed E-state index contributed by atoms with van der Waals surface area (Å²) < 4.78 is 11.7. The first-order valence-corrected chi connectivity index (χ1v) is 8.28. The van der Waals surface area contributed by atoms with Crippen LogP contribution in [-0.2, 0) is 0 Å². The van der Waals surface area contributed by atoms with Gasteiger partial charge in [0.05, 0.1) is 6.21 Å². The molecule has 118 valence electrons. The first-order chi connectivity index (χ1) is 11.7. The molecule has 5 nitrogen and oxygen atoms in total. The molecule has 0 saturated carbocycles. The molecule has 0 aliphatic heterocycles. The molecule has 0 saturated heterocycles. The minimum atomic E-state index is -0.409. The average Bonchev–Trinajstić information content (AvgIpc) is 3.21. The van der Waals surface area contributed by atoms with E-state index in [1.165, 1.54) is 6.21 Å². The average molecular weight is 430 g/mol. The molecule has 0 spiro atoms. The van der Waals surface area contributed by atoms with Gasteiger partial charge >= 0.3 is 5.91 Å². The minimum Gasteiger partial charge on any atom is -0.451 e. The van der Waals surface area contributed by atoms with E-state index in [4.69, 9.17) is 8.83 Å². The summed E-state index contributed by atoms with van der Waals surface area (Å²) in [5.41, 5.74) is 3.11. The van der Waals surface area contributed by atoms with E-state index in [9.17, 15) is 4.79 Å². The summed E-state index contributed by atoms with van der Waals surface area (Å²) in [5, 5.41) is 6.94. The van der Waals surface area contributed by atoms with E-state index in [0.29, 0.717) is 11.3 Å². The van der Waals surface area contributed by atoms with Crippen molar-refractivity contribution in [1.82, 2.24) is 5.43 Å². The molecule has 2 heterocycles. The number of hydrazone groups is 1. The zero-order chi connectivity index (χ0) is 16.5. The summed E-state index contributed by atoms with van der Waals surface area (Å²) in [5.74, 6) is 0.371. The van der Waals surface area contributed by atoms with Crippen molar-refractivity contribution < 1.29 is 13.6 Å². The molecule has 4 rings (SSSR count). The second-order valence-electron chi connectivity index (χ2n) is 5.15. The Morgan fingerprint density at radius 3 is 2.75 bits per heavy atom. The maximum atomic E-state index is 12.2. The van der Waals surface area contributed by atoms with Crippen molar-refractivity contribution in [2.24, 2.45) is 5.10 Å². The van der Waals surface area contributed by atoms with Gasteiger partial charge in [0.2, 0.25) is 0 Å². The van der Waals surface area contributed by atoms with Crippen molar-refractivity contribution in [1.29, 1.82) is 0 Å². The molecule has 2 aromatic carbocycles. The molecule has 0 fully saturated rings. The van der Waals surface area contributed by atoms with Gasteiger partial charge in [0.1, 0.15) is 11.3 Å². The van der Waals surface area contributed by atoms with Gasteiger partial charge in [-0.25, -0.2) is 5.43 Å². The van der Waals surface area contributed by atoms with Crippen LogP contribution in [0, 0.1) is 3.77 Å². The van der Waals surface area contributed by atoms with Crippen LogP contribution < -0.4 is 5.43 Å². The van der Waals surface area contributed by atoms with E-state index in [2.05, 4.69) is 33.1 Å². The third kappa shape index (κ3) is 2.80. The number of hydrogen-bond acceptors (Lipinski definition) is 4. The van der Waals surface area contributed by atoms with Gasteiger partial charge in [-0.1, -0.05) is 30.3 Å². The number of nitrogens with zero attached hydrogens (tertiary/aromatic N) is 1. The van der Waals surface area contributed by atoms with E-state index < -0.39 is 5.91 Å². The van der Waals surface area contributed by atoms with Crippen molar-refractivity contribution in [2.45, 2.75) is 0 Å². The number of hydrogen-bond donors (Lipinski definition) is 1. The Labute approximate surface area is 150 Å². The molecule has 0 aliphatic carbocycles. The lowest BCUT2D eigenvalue weighted by Crippen LogP contribution is -2.16. The van der Waals surface area contributed by atoms with Crippen molar-refractivity contribution >= 4 is 56.5 Å². The second-order valence-corrected chi connectivity index (χ2v) is 6.21. The standard InChI is InChI=1S/C18H11IN2O3/c19-17-8-6-12(23-17)10-20-21-18(22)16-9-14-13-4-2-1-3-11(13)5-7-15(14)24-16/h1-10H,(H,21,22)/b20-10+. The summed E-state index contributed by atoms with van der Waals surface area (Å²) >= 11 is 2.06. The van der Waals surface area contributed by atoms with E-state index >= 15 is 0 Å². The van der Waals surface area contributed by atoms with Crippen LogP contribution in [0.1, 0.15) is 16.3 Å². The molecule has 6 heteroatoms. The number of carbonyl (C=O) groups excluding carboxylic acids is 1. The Hall–Kier alpha value is -2.61. The Balaban J connectivity index is 1.60. The maximum absolute atomic E-state index is 12.2. The Morgan fingerprint density at radius 2 is 1.92 bits per heavy atom. The summed E-state index contributed by atoms with van der Waals surface area (Å²) in [7, 11) is 0. The Morgan fingerprint density at radius 1 is 1.04 bits per heavy atom. The van der Waals surface area contributed by atoms with Crippen molar-refractivity contribution in [3.63, 3.8) is 0 Å². The monoisotopic (exact) mass is 430 g/mol. The summed E-state index contributed by atoms with van der Waals surface area (Å²) in [6.07, 6.45) is 1.44. The molecule has 0 atom stereocenters. The highest BCUT2D eigenvalue weighted by Crippen LogP contribution is 2.28. The summed E-state index contributed by atoms with van der Waals surface area (Å²) in [6, 6.07) is 17.1. The van der Waals surface area contributed by atoms with Gasteiger partial charge in [-0.2, -0.15) is 5.10 Å². The molecular weight excluding hydrogens is 419 g/mol. The molecule has 24 heavy (non-hydrogen) atoms. The molecule has 0 aliphatic rings. The van der Waals surface area contributed by atoms with Crippen LogP contribution in [0.25, 0.3) is 21.7 Å². The van der Waals surface area contributed by atoms with E-state index in [1.807, 2.05) is 42.5 Å². The Kier molecular flexibility index (Phi) is 3.81. The molecule has 1 amide bonds. The molecule has 2 aromatic heterocycles. The van der Waals surface area contributed by atoms with Crippen LogP contribution in [0.2, 0.25) is 0 Å². The van der Waals surface area contributed by atoms with Crippen LogP contribution in [-0.4, -0.2) is 12.1 Å². The van der Waals surface area contributed by atoms with Gasteiger partial charge in [0.25, 0.3) is 0 Å². The molecule has 0 radical (unpaired) electrons. The van der Waals surface area contributed by atoms with Gasteiger partial charge in [0.15, 0.2) is 9.53 Å². The third-order valence-corrected chi connectivity index (χ3v) is 4.18. The largest absolute Gasteiger partial charge is 0.451 e. The van der Waals surface area contributed by atoms with Gasteiger partial charge in [-0.15, -0.1) is 0 Å². The molecule has 4 aromatic rings. The van der Waals surface area contributed by atoms with E-state index in [0.717, 1.165) is 19.9 Å². The predicted molar refractivity (Wildman–Crippen MR) is 100 cm³/mol. The number of furan rings is 2. The zero-order valence-electron chi connectivity index (χ0n) is 12.3. The van der Waals surface area contributed by atoms with Crippen molar-refractivity contribution in [3.8, 4) is 0 Å². The number of halogens is 1. The highest BCUT2D eigenvalue weighted by atomic mass is 127. The topological polar surface area (TPSA) is 67.7 Å². The minimum absolute atomic E-state index is 0.215. The highest BCUT2D eigenvalue weighted by Gasteiger charge is 2.13. The number of rotatable bonds is 3. The third-order valence-electron chi connectivity index (χ3n) is 3.60. The Bertz CT molecular complexity index is 1080. The van der Waals surface area contributed by atoms with Gasteiger partial charge in [-0.05, 0) is 57.6 Å². The number of amides is 1. The fraction of sp³-hybridized carbons (Fsp3) is 0. The molecular formula is C18H11IN2O3. The maximum Gasteiger partial charge on any atom is 0.307 e. The second kappa shape index (κ2) is 6.12. The van der Waals surface area contributed by atoms with Crippen LogP contribution in [0.15, 0.2) is 68.5 Å². The van der Waals surface area contributed by atoms with E-state index in [-0.39, 0.29) is 5.76 Å². The van der Waals surface area contributed by atoms with Gasteiger partial charge in [-0.3, -0.25) is 4.79 Å². The number of carbonyl (C=O) groups is 1. The number of benzene rings is 2. The van der Waals surface area contributed by atoms with Crippen molar-refractivity contribution in [3.05, 3.63) is 69.9 Å². The predicted octanol–water partition coefficient (Wildman–Crippen LogP) is 4.55. The first-order valence-electron chi connectivity index (χ1n) is 7.21. The highest BCUT2D eigenvalue weighted by molar-refractivity contribution is 14.1. The number of nitrogens with one attached hydrogen (secondary N) is 1. The molecule has 1 N–H and O–H groups in total. The lowest BCUT2D eigenvalue weighted by atomic mass is 10.1. The molecule has 0 bridgehead atoms. The lowest BCUT2D eigenvalue weighted by Gasteiger charge is -1.96. The fourth-order valence-electron chi connectivity index (χ4n) is 2.51. The summed E-state index contributed by atoms with van der Waals surface area (Å²) in [6.45, 7) is 0. The van der Waals surface area contributed by atoms with Gasteiger partial charge < -0.3 is 8.83 Å². The zero-order valence-corrected chi connectivity index (χ0v) is 14.5.